The third kappa shape index (κ3) is 2.29. The van der Waals surface area contributed by atoms with Crippen molar-refractivity contribution in [3.8, 4) is 5.69 Å². The summed E-state index contributed by atoms with van der Waals surface area (Å²) in [5.41, 5.74) is 1.69. The highest BCUT2D eigenvalue weighted by atomic mass is 16.2. The standard InChI is InChI=1S/C17H18N6O/c1-18-17(24)14-8-5-9-22(14)15-13-10-21-23(16(13)20-11-19-15)12-6-3-2-4-7-12/h2-4,6-7,10-11,14H,5,8-9H2,1H3,(H,18,24)/t14-/m1/s1. The van der Waals surface area contributed by atoms with Crippen LogP contribution in [0.25, 0.3) is 16.7 Å². The Kier molecular flexibility index (Phi) is 3.60. The van der Waals surface area contributed by atoms with Crippen LogP contribution in [0, 0.1) is 0 Å². The lowest BCUT2D eigenvalue weighted by molar-refractivity contribution is -0.121. The fourth-order valence-electron chi connectivity index (χ4n) is 3.28. The number of rotatable bonds is 3. The van der Waals surface area contributed by atoms with Gasteiger partial charge in [0.05, 0.1) is 17.3 Å². The smallest absolute Gasteiger partial charge is 0.242 e. The zero-order valence-corrected chi connectivity index (χ0v) is 13.4. The Bertz CT molecular complexity index is 875. The fraction of sp³-hybridized carbons (Fsp3) is 0.294. The first-order valence-corrected chi connectivity index (χ1v) is 8.02. The molecular formula is C17H18N6O. The van der Waals surface area contributed by atoms with Crippen molar-refractivity contribution in [2.75, 3.05) is 18.5 Å². The molecule has 1 saturated heterocycles. The number of hydrogen-bond donors (Lipinski definition) is 1. The summed E-state index contributed by atoms with van der Waals surface area (Å²) >= 11 is 0. The Morgan fingerprint density at radius 2 is 2.08 bits per heavy atom. The van der Waals surface area contributed by atoms with Crippen LogP contribution in [0.2, 0.25) is 0 Å². The van der Waals surface area contributed by atoms with Gasteiger partial charge in [-0.05, 0) is 25.0 Å². The second-order valence-corrected chi connectivity index (χ2v) is 5.79. The van der Waals surface area contributed by atoms with E-state index in [-0.39, 0.29) is 11.9 Å². The first-order valence-electron chi connectivity index (χ1n) is 8.02. The SMILES string of the molecule is CNC(=O)[C@H]1CCCN1c1ncnc2c1cnn2-c1ccccc1. The molecule has 1 amide bonds. The third-order valence-electron chi connectivity index (χ3n) is 4.42. The average Bonchev–Trinajstić information content (AvgIpc) is 3.28. The van der Waals surface area contributed by atoms with Crippen LogP contribution < -0.4 is 10.2 Å². The minimum atomic E-state index is -0.187. The summed E-state index contributed by atoms with van der Waals surface area (Å²) in [7, 11) is 1.67. The first-order chi connectivity index (χ1) is 11.8. The van der Waals surface area contributed by atoms with Gasteiger partial charge in [0.2, 0.25) is 5.91 Å². The molecule has 0 spiro atoms. The Morgan fingerprint density at radius 1 is 1.25 bits per heavy atom. The largest absolute Gasteiger partial charge is 0.357 e. The minimum absolute atomic E-state index is 0.0229. The maximum absolute atomic E-state index is 12.1. The molecule has 1 aliphatic heterocycles. The number of para-hydroxylation sites is 1. The van der Waals surface area contributed by atoms with E-state index in [4.69, 9.17) is 0 Å². The molecule has 3 aromatic rings. The van der Waals surface area contributed by atoms with E-state index < -0.39 is 0 Å². The normalized spacial score (nSPS) is 17.4. The molecule has 1 aromatic carbocycles. The molecule has 1 N–H and O–H groups in total. The summed E-state index contributed by atoms with van der Waals surface area (Å²) in [5.74, 6) is 0.794. The van der Waals surface area contributed by atoms with Gasteiger partial charge in [0.1, 0.15) is 18.2 Å². The highest BCUT2D eigenvalue weighted by Gasteiger charge is 2.32. The van der Waals surface area contributed by atoms with Gasteiger partial charge in [-0.25, -0.2) is 14.6 Å². The Balaban J connectivity index is 1.81. The average molecular weight is 322 g/mol. The van der Waals surface area contributed by atoms with Crippen molar-refractivity contribution in [1.29, 1.82) is 0 Å². The van der Waals surface area contributed by atoms with Gasteiger partial charge in [0.25, 0.3) is 0 Å². The van der Waals surface area contributed by atoms with E-state index in [1.807, 2.05) is 30.3 Å². The second-order valence-electron chi connectivity index (χ2n) is 5.79. The number of amides is 1. The maximum Gasteiger partial charge on any atom is 0.242 e. The summed E-state index contributed by atoms with van der Waals surface area (Å²) in [5, 5.41) is 8.07. The monoisotopic (exact) mass is 322 g/mol. The highest BCUT2D eigenvalue weighted by Crippen LogP contribution is 2.30. The Labute approximate surface area is 139 Å². The lowest BCUT2D eigenvalue weighted by Gasteiger charge is -2.24. The summed E-state index contributed by atoms with van der Waals surface area (Å²) in [6, 6.07) is 9.68. The van der Waals surface area contributed by atoms with Gasteiger partial charge in [-0.2, -0.15) is 5.10 Å². The van der Waals surface area contributed by atoms with E-state index in [9.17, 15) is 4.79 Å². The van der Waals surface area contributed by atoms with Crippen molar-refractivity contribution in [2.24, 2.45) is 0 Å². The fourth-order valence-corrected chi connectivity index (χ4v) is 3.28. The number of aromatic nitrogens is 4. The number of fused-ring (bicyclic) bond motifs is 1. The van der Waals surface area contributed by atoms with Gasteiger partial charge in [-0.15, -0.1) is 0 Å². The van der Waals surface area contributed by atoms with E-state index in [1.54, 1.807) is 17.9 Å². The van der Waals surface area contributed by atoms with Crippen LogP contribution in [-0.2, 0) is 4.79 Å². The molecule has 0 radical (unpaired) electrons. The van der Waals surface area contributed by atoms with Crippen LogP contribution in [0.15, 0.2) is 42.9 Å². The molecule has 122 valence electrons. The molecule has 0 saturated carbocycles. The quantitative estimate of drug-likeness (QED) is 0.791. The number of nitrogens with one attached hydrogen (secondary N) is 1. The zero-order valence-electron chi connectivity index (χ0n) is 13.4. The number of carbonyl (C=O) groups is 1. The summed E-state index contributed by atoms with van der Waals surface area (Å²) < 4.78 is 1.80. The molecule has 3 heterocycles. The molecule has 1 atom stereocenters. The Morgan fingerprint density at radius 3 is 2.88 bits per heavy atom. The predicted octanol–water partition coefficient (Wildman–Crippen LogP) is 1.53. The molecule has 2 aromatic heterocycles. The number of likely N-dealkylation sites (N-methyl/N-ethyl adjacent to an activating group) is 1. The molecule has 1 fully saturated rings. The first kappa shape index (κ1) is 14.6. The number of hydrogen-bond acceptors (Lipinski definition) is 5. The van der Waals surface area contributed by atoms with Gasteiger partial charge in [0.15, 0.2) is 5.65 Å². The summed E-state index contributed by atoms with van der Waals surface area (Å²) in [6.07, 6.45) is 5.11. The predicted molar refractivity (Wildman–Crippen MR) is 91.1 cm³/mol. The van der Waals surface area contributed by atoms with Crippen molar-refractivity contribution >= 4 is 22.8 Å². The molecule has 4 rings (SSSR count). The lowest BCUT2D eigenvalue weighted by atomic mass is 10.2. The maximum atomic E-state index is 12.1. The molecule has 0 aliphatic carbocycles. The van der Waals surface area contributed by atoms with Crippen molar-refractivity contribution in [1.82, 2.24) is 25.1 Å². The molecule has 24 heavy (non-hydrogen) atoms. The van der Waals surface area contributed by atoms with Crippen molar-refractivity contribution in [3.05, 3.63) is 42.9 Å². The van der Waals surface area contributed by atoms with E-state index in [2.05, 4.69) is 25.3 Å². The molecule has 0 bridgehead atoms. The van der Waals surface area contributed by atoms with Crippen LogP contribution in [0.4, 0.5) is 5.82 Å². The molecule has 7 heteroatoms. The van der Waals surface area contributed by atoms with Crippen LogP contribution in [-0.4, -0.2) is 45.3 Å². The van der Waals surface area contributed by atoms with Crippen molar-refractivity contribution < 1.29 is 4.79 Å². The van der Waals surface area contributed by atoms with Crippen LogP contribution in [0.1, 0.15) is 12.8 Å². The van der Waals surface area contributed by atoms with Gasteiger partial charge in [-0.3, -0.25) is 4.79 Å². The summed E-state index contributed by atoms with van der Waals surface area (Å²) in [6.45, 7) is 0.806. The third-order valence-corrected chi connectivity index (χ3v) is 4.42. The number of anilines is 1. The topological polar surface area (TPSA) is 75.9 Å². The van der Waals surface area contributed by atoms with Gasteiger partial charge < -0.3 is 10.2 Å². The lowest BCUT2D eigenvalue weighted by Crippen LogP contribution is -2.42. The minimum Gasteiger partial charge on any atom is -0.357 e. The molecule has 0 unspecified atom stereocenters. The van der Waals surface area contributed by atoms with E-state index in [0.717, 1.165) is 41.9 Å². The van der Waals surface area contributed by atoms with Gasteiger partial charge >= 0.3 is 0 Å². The van der Waals surface area contributed by atoms with Crippen molar-refractivity contribution in [2.45, 2.75) is 18.9 Å². The number of carbonyl (C=O) groups excluding carboxylic acids is 1. The van der Waals surface area contributed by atoms with Crippen LogP contribution in [0.5, 0.6) is 0 Å². The molecule has 1 aliphatic rings. The van der Waals surface area contributed by atoms with Gasteiger partial charge in [0, 0.05) is 13.6 Å². The van der Waals surface area contributed by atoms with Crippen LogP contribution in [0.3, 0.4) is 0 Å². The van der Waals surface area contributed by atoms with Gasteiger partial charge in [-0.1, -0.05) is 18.2 Å². The van der Waals surface area contributed by atoms with E-state index in [1.165, 1.54) is 6.33 Å². The molecular weight excluding hydrogens is 304 g/mol. The van der Waals surface area contributed by atoms with E-state index >= 15 is 0 Å². The Hall–Kier alpha value is -2.96. The van der Waals surface area contributed by atoms with E-state index in [0.29, 0.717) is 0 Å². The second kappa shape index (κ2) is 5.92. The number of benzene rings is 1. The summed E-state index contributed by atoms with van der Waals surface area (Å²) in [4.78, 5) is 23.0. The van der Waals surface area contributed by atoms with Crippen molar-refractivity contribution in [3.63, 3.8) is 0 Å². The highest BCUT2D eigenvalue weighted by molar-refractivity contribution is 5.92. The molecule has 7 nitrogen and oxygen atoms in total. The number of nitrogens with zero attached hydrogens (tertiary/aromatic N) is 5. The zero-order chi connectivity index (χ0) is 16.5. The van der Waals surface area contributed by atoms with Crippen LogP contribution >= 0.6 is 0 Å².